The van der Waals surface area contributed by atoms with Crippen molar-refractivity contribution < 1.29 is 4.74 Å². The summed E-state index contributed by atoms with van der Waals surface area (Å²) in [4.78, 5) is 0. The van der Waals surface area contributed by atoms with Gasteiger partial charge in [0.05, 0.1) is 12.7 Å². The number of nitrogens with one attached hydrogen (secondary N) is 1. The Morgan fingerprint density at radius 3 is 2.44 bits per heavy atom. The number of hydrogen-bond acceptors (Lipinski definition) is 2. The van der Waals surface area contributed by atoms with E-state index in [1.807, 2.05) is 0 Å². The Labute approximate surface area is 111 Å². The zero-order valence-corrected chi connectivity index (χ0v) is 11.8. The van der Waals surface area contributed by atoms with Crippen molar-refractivity contribution in [2.75, 3.05) is 13.7 Å². The second-order valence-corrected chi connectivity index (χ2v) is 5.41. The van der Waals surface area contributed by atoms with E-state index in [4.69, 9.17) is 4.74 Å². The maximum atomic E-state index is 5.68. The summed E-state index contributed by atoms with van der Waals surface area (Å²) in [5.74, 6) is 0.649. The predicted molar refractivity (Wildman–Crippen MR) is 75.9 cm³/mol. The molecule has 1 aromatic rings. The van der Waals surface area contributed by atoms with Gasteiger partial charge in [0, 0.05) is 12.0 Å². The molecule has 1 aliphatic heterocycles. The number of aryl methyl sites for hydroxylation is 1. The Hall–Kier alpha value is -0.860. The van der Waals surface area contributed by atoms with Gasteiger partial charge < -0.3 is 10.1 Å². The standard InChI is InChI=1S/C16H25NO/c1-4-13-5-7-14(8-6-13)10-16(17-3)15-9-12(2)18-11-15/h5-8,12,15-17H,4,9-11H2,1-3H3. The van der Waals surface area contributed by atoms with E-state index < -0.39 is 0 Å². The molecule has 0 spiro atoms. The van der Waals surface area contributed by atoms with Crippen LogP contribution in [-0.2, 0) is 17.6 Å². The minimum atomic E-state index is 0.424. The summed E-state index contributed by atoms with van der Waals surface area (Å²) >= 11 is 0. The first-order valence-electron chi connectivity index (χ1n) is 7.09. The van der Waals surface area contributed by atoms with Gasteiger partial charge in [-0.2, -0.15) is 0 Å². The van der Waals surface area contributed by atoms with Crippen molar-refractivity contribution in [2.24, 2.45) is 5.92 Å². The molecule has 3 atom stereocenters. The van der Waals surface area contributed by atoms with Crippen molar-refractivity contribution in [3.8, 4) is 0 Å². The average molecular weight is 247 g/mol. The van der Waals surface area contributed by atoms with Crippen molar-refractivity contribution in [1.29, 1.82) is 0 Å². The van der Waals surface area contributed by atoms with Gasteiger partial charge in [0.25, 0.3) is 0 Å². The Kier molecular flexibility index (Phi) is 4.79. The van der Waals surface area contributed by atoms with Gasteiger partial charge in [-0.1, -0.05) is 31.2 Å². The molecular formula is C16H25NO. The minimum absolute atomic E-state index is 0.424. The van der Waals surface area contributed by atoms with E-state index in [1.165, 1.54) is 17.5 Å². The summed E-state index contributed by atoms with van der Waals surface area (Å²) in [6.07, 6.45) is 3.82. The number of rotatable bonds is 5. The molecule has 1 aromatic carbocycles. The van der Waals surface area contributed by atoms with Crippen LogP contribution in [0.2, 0.25) is 0 Å². The van der Waals surface area contributed by atoms with Crippen LogP contribution in [-0.4, -0.2) is 25.8 Å². The third-order valence-electron chi connectivity index (χ3n) is 4.06. The fourth-order valence-electron chi connectivity index (χ4n) is 2.80. The zero-order valence-electron chi connectivity index (χ0n) is 11.8. The molecule has 1 N–H and O–H groups in total. The van der Waals surface area contributed by atoms with Crippen LogP contribution in [0.25, 0.3) is 0 Å². The van der Waals surface area contributed by atoms with E-state index in [1.54, 1.807) is 0 Å². The van der Waals surface area contributed by atoms with Gasteiger partial charge in [-0.15, -0.1) is 0 Å². The molecule has 2 nitrogen and oxygen atoms in total. The maximum absolute atomic E-state index is 5.68. The van der Waals surface area contributed by atoms with Gasteiger partial charge in [0.2, 0.25) is 0 Å². The molecule has 3 unspecified atom stereocenters. The van der Waals surface area contributed by atoms with E-state index in [0.29, 0.717) is 18.1 Å². The minimum Gasteiger partial charge on any atom is -0.378 e. The molecule has 0 aliphatic carbocycles. The van der Waals surface area contributed by atoms with Crippen LogP contribution in [0.5, 0.6) is 0 Å². The second-order valence-electron chi connectivity index (χ2n) is 5.41. The van der Waals surface area contributed by atoms with Crippen molar-refractivity contribution in [3.63, 3.8) is 0 Å². The Morgan fingerprint density at radius 1 is 1.28 bits per heavy atom. The van der Waals surface area contributed by atoms with Gasteiger partial charge >= 0.3 is 0 Å². The first-order valence-corrected chi connectivity index (χ1v) is 7.09. The highest BCUT2D eigenvalue weighted by molar-refractivity contribution is 5.23. The fourth-order valence-corrected chi connectivity index (χ4v) is 2.80. The topological polar surface area (TPSA) is 21.3 Å². The lowest BCUT2D eigenvalue weighted by Crippen LogP contribution is -2.36. The normalized spacial score (nSPS) is 25.3. The molecule has 0 bridgehead atoms. The van der Waals surface area contributed by atoms with Crippen LogP contribution >= 0.6 is 0 Å². The molecule has 100 valence electrons. The number of ether oxygens (including phenoxy) is 1. The molecule has 2 heteroatoms. The molecule has 1 aliphatic rings. The molecule has 0 amide bonds. The number of hydrogen-bond donors (Lipinski definition) is 1. The van der Waals surface area contributed by atoms with Crippen LogP contribution in [0.3, 0.4) is 0 Å². The molecule has 1 heterocycles. The van der Waals surface area contributed by atoms with E-state index >= 15 is 0 Å². The molecule has 1 fully saturated rings. The third-order valence-corrected chi connectivity index (χ3v) is 4.06. The largest absolute Gasteiger partial charge is 0.378 e. The lowest BCUT2D eigenvalue weighted by atomic mass is 9.91. The number of likely N-dealkylation sites (N-methyl/N-ethyl adjacent to an activating group) is 1. The molecule has 0 saturated carbocycles. The lowest BCUT2D eigenvalue weighted by Gasteiger charge is -2.22. The smallest absolute Gasteiger partial charge is 0.0551 e. The highest BCUT2D eigenvalue weighted by Crippen LogP contribution is 2.24. The fraction of sp³-hybridized carbons (Fsp3) is 0.625. The summed E-state index contributed by atoms with van der Waals surface area (Å²) in [6.45, 7) is 5.27. The van der Waals surface area contributed by atoms with E-state index in [-0.39, 0.29) is 0 Å². The van der Waals surface area contributed by atoms with Crippen molar-refractivity contribution in [2.45, 2.75) is 45.3 Å². The first kappa shape index (κ1) is 13.6. The highest BCUT2D eigenvalue weighted by Gasteiger charge is 2.28. The number of benzene rings is 1. The monoisotopic (exact) mass is 247 g/mol. The molecule has 0 aromatic heterocycles. The van der Waals surface area contributed by atoms with E-state index in [9.17, 15) is 0 Å². The molecule has 2 rings (SSSR count). The summed E-state index contributed by atoms with van der Waals surface area (Å²) in [5.41, 5.74) is 2.84. The molecular weight excluding hydrogens is 222 g/mol. The quantitative estimate of drug-likeness (QED) is 0.864. The summed E-state index contributed by atoms with van der Waals surface area (Å²) in [5, 5.41) is 3.46. The maximum Gasteiger partial charge on any atom is 0.0551 e. The SMILES string of the molecule is CCc1ccc(CC(NC)C2COC(C)C2)cc1. The molecule has 1 saturated heterocycles. The van der Waals surface area contributed by atoms with Crippen LogP contribution in [0.1, 0.15) is 31.4 Å². The molecule has 18 heavy (non-hydrogen) atoms. The van der Waals surface area contributed by atoms with Gasteiger partial charge in [-0.25, -0.2) is 0 Å². The van der Waals surface area contributed by atoms with E-state index in [2.05, 4.69) is 50.5 Å². The predicted octanol–water partition coefficient (Wildman–Crippen LogP) is 2.80. The van der Waals surface area contributed by atoms with Crippen molar-refractivity contribution in [1.82, 2.24) is 5.32 Å². The zero-order chi connectivity index (χ0) is 13.0. The van der Waals surface area contributed by atoms with Crippen molar-refractivity contribution >= 4 is 0 Å². The van der Waals surface area contributed by atoms with Gasteiger partial charge in [0.15, 0.2) is 0 Å². The lowest BCUT2D eigenvalue weighted by molar-refractivity contribution is 0.117. The summed E-state index contributed by atoms with van der Waals surface area (Å²) in [7, 11) is 2.06. The molecule has 0 radical (unpaired) electrons. The van der Waals surface area contributed by atoms with Gasteiger partial charge in [-0.3, -0.25) is 0 Å². The van der Waals surface area contributed by atoms with Crippen LogP contribution in [0, 0.1) is 5.92 Å². The van der Waals surface area contributed by atoms with Crippen molar-refractivity contribution in [3.05, 3.63) is 35.4 Å². The van der Waals surface area contributed by atoms with Crippen LogP contribution in [0.4, 0.5) is 0 Å². The van der Waals surface area contributed by atoms with E-state index in [0.717, 1.165) is 19.4 Å². The van der Waals surface area contributed by atoms with Crippen LogP contribution < -0.4 is 5.32 Å². The van der Waals surface area contributed by atoms with Crippen LogP contribution in [0.15, 0.2) is 24.3 Å². The Bertz CT molecular complexity index is 360. The Morgan fingerprint density at radius 2 is 1.94 bits per heavy atom. The second kappa shape index (κ2) is 6.35. The summed E-state index contributed by atoms with van der Waals surface area (Å²) in [6, 6.07) is 9.55. The first-order chi connectivity index (χ1) is 8.72. The van der Waals surface area contributed by atoms with Gasteiger partial charge in [-0.05, 0) is 44.4 Å². The third kappa shape index (κ3) is 3.33. The Balaban J connectivity index is 1.96. The highest BCUT2D eigenvalue weighted by atomic mass is 16.5. The average Bonchev–Trinajstić information content (AvgIpc) is 2.83. The summed E-state index contributed by atoms with van der Waals surface area (Å²) < 4.78 is 5.68. The van der Waals surface area contributed by atoms with Gasteiger partial charge in [0.1, 0.15) is 0 Å².